The van der Waals surface area contributed by atoms with Crippen molar-refractivity contribution in [2.24, 2.45) is 0 Å². The van der Waals surface area contributed by atoms with Gasteiger partial charge in [-0.25, -0.2) is 0 Å². The van der Waals surface area contributed by atoms with Gasteiger partial charge in [-0.2, -0.15) is 13.2 Å². The normalized spacial score (nSPS) is 14.0. The molecule has 2 N–H and O–H groups in total. The first-order chi connectivity index (χ1) is 16.7. The predicted octanol–water partition coefficient (Wildman–Crippen LogP) is 4.96. The smallest absolute Gasteiger partial charge is 0.426 e. The third-order valence-corrected chi connectivity index (χ3v) is 6.93. The number of aliphatic carboxylic acids is 1. The number of nitrogens with one attached hydrogen (secondary N) is 1. The number of amides is 1. The molecule has 1 atom stereocenters. The molecule has 0 fully saturated rings. The molecular formula is C25H23F3N2O4S. The average molecular weight is 505 g/mol. The largest absolute Gasteiger partial charge is 0.488 e. The summed E-state index contributed by atoms with van der Waals surface area (Å²) in [6.07, 6.45) is -4.07. The lowest BCUT2D eigenvalue weighted by Gasteiger charge is -2.20. The van der Waals surface area contributed by atoms with E-state index in [9.17, 15) is 22.8 Å². The van der Waals surface area contributed by atoms with Crippen LogP contribution in [-0.4, -0.2) is 36.6 Å². The molecule has 0 radical (unpaired) electrons. The first-order valence-electron chi connectivity index (χ1n) is 10.9. The molecule has 10 heteroatoms. The van der Waals surface area contributed by atoms with Gasteiger partial charge in [0.1, 0.15) is 23.3 Å². The van der Waals surface area contributed by atoms with Crippen molar-refractivity contribution in [2.45, 2.75) is 31.7 Å². The summed E-state index contributed by atoms with van der Waals surface area (Å²) in [5.74, 6) is -0.910. The van der Waals surface area contributed by atoms with Crippen LogP contribution in [0.4, 0.5) is 18.9 Å². The maximum atomic E-state index is 13.6. The van der Waals surface area contributed by atoms with Crippen molar-refractivity contribution >= 4 is 28.9 Å². The number of nitrogens with zero attached hydrogens (tertiary/aromatic N) is 1. The zero-order valence-electron chi connectivity index (χ0n) is 18.8. The minimum Gasteiger partial charge on any atom is -0.488 e. The number of halogens is 3. The van der Waals surface area contributed by atoms with Crippen molar-refractivity contribution in [1.82, 2.24) is 5.32 Å². The summed E-state index contributed by atoms with van der Waals surface area (Å²) in [6, 6.07) is 14.1. The number of likely N-dealkylation sites (N-methyl/N-ethyl adjacent to an activating group) is 1. The zero-order valence-corrected chi connectivity index (χ0v) is 19.6. The summed E-state index contributed by atoms with van der Waals surface area (Å²) in [7, 11) is 1.49. The molecule has 1 aromatic heterocycles. The number of anilines is 1. The second kappa shape index (κ2) is 10.1. The Morgan fingerprint density at radius 3 is 2.57 bits per heavy atom. The number of benzene rings is 2. The van der Waals surface area contributed by atoms with Crippen molar-refractivity contribution in [1.29, 1.82) is 0 Å². The van der Waals surface area contributed by atoms with Crippen LogP contribution in [0.2, 0.25) is 0 Å². The number of carbonyl (C=O) groups excluding carboxylic acids is 1. The maximum absolute atomic E-state index is 13.6. The number of carboxylic acids is 1. The Morgan fingerprint density at radius 1 is 1.17 bits per heavy atom. The van der Waals surface area contributed by atoms with Crippen molar-refractivity contribution in [3.63, 3.8) is 0 Å². The summed E-state index contributed by atoms with van der Waals surface area (Å²) >= 11 is 0.664. The monoisotopic (exact) mass is 504 g/mol. The standard InChI is InChI=1S/C25H23F3N2O4S/c1-29-20(24(32)33)13-22(31)30-10-9-16-11-17(7-8-21(16)30)34-14-18-12-19(15-5-3-2-4-6-15)23(35-18)25(26,27)28/h2-8,11-12,20,29H,9-10,13-14H2,1H3,(H,32,33). The fraction of sp³-hybridized carbons (Fsp3) is 0.280. The second-order valence-electron chi connectivity index (χ2n) is 8.08. The van der Waals surface area contributed by atoms with Gasteiger partial charge < -0.3 is 20.1 Å². The number of alkyl halides is 3. The van der Waals surface area contributed by atoms with Gasteiger partial charge in [-0.05, 0) is 48.9 Å². The SMILES string of the molecule is CNC(CC(=O)N1CCc2cc(OCc3cc(-c4ccccc4)c(C(F)(F)F)s3)ccc21)C(=O)O. The Bertz CT molecular complexity index is 1230. The quantitative estimate of drug-likeness (QED) is 0.453. The Hall–Kier alpha value is -3.37. The Kier molecular flexibility index (Phi) is 7.13. The van der Waals surface area contributed by atoms with Gasteiger partial charge in [0.25, 0.3) is 0 Å². The Labute approximate surface area is 204 Å². The van der Waals surface area contributed by atoms with Crippen molar-refractivity contribution in [3.05, 3.63) is 69.9 Å². The van der Waals surface area contributed by atoms with Crippen LogP contribution in [0.1, 0.15) is 21.7 Å². The van der Waals surface area contributed by atoms with Gasteiger partial charge in [-0.3, -0.25) is 9.59 Å². The summed E-state index contributed by atoms with van der Waals surface area (Å²) in [6.45, 7) is 0.401. The van der Waals surface area contributed by atoms with Gasteiger partial charge in [-0.1, -0.05) is 30.3 Å². The van der Waals surface area contributed by atoms with E-state index in [0.717, 1.165) is 5.56 Å². The number of hydrogen-bond donors (Lipinski definition) is 2. The molecule has 4 rings (SSSR count). The van der Waals surface area contributed by atoms with E-state index in [2.05, 4.69) is 5.32 Å². The summed E-state index contributed by atoms with van der Waals surface area (Å²) in [5, 5.41) is 11.8. The summed E-state index contributed by atoms with van der Waals surface area (Å²) < 4.78 is 46.6. The molecule has 1 amide bonds. The number of thiophene rings is 1. The highest BCUT2D eigenvalue weighted by Crippen LogP contribution is 2.43. The third kappa shape index (κ3) is 5.49. The number of hydrogen-bond acceptors (Lipinski definition) is 5. The highest BCUT2D eigenvalue weighted by atomic mass is 32.1. The molecule has 3 aromatic rings. The first-order valence-corrected chi connectivity index (χ1v) is 11.7. The van der Waals surface area contributed by atoms with Crippen LogP contribution in [0.3, 0.4) is 0 Å². The van der Waals surface area contributed by atoms with Crippen LogP contribution in [0.25, 0.3) is 11.1 Å². The number of carbonyl (C=O) groups is 2. The molecule has 0 aliphatic carbocycles. The lowest BCUT2D eigenvalue weighted by atomic mass is 10.1. The predicted molar refractivity (Wildman–Crippen MR) is 127 cm³/mol. The maximum Gasteiger partial charge on any atom is 0.426 e. The van der Waals surface area contributed by atoms with E-state index in [1.54, 1.807) is 53.4 Å². The van der Waals surface area contributed by atoms with Gasteiger partial charge in [0.05, 0.1) is 6.42 Å². The molecule has 1 unspecified atom stereocenters. The number of fused-ring (bicyclic) bond motifs is 1. The van der Waals surface area contributed by atoms with Crippen LogP contribution in [0.15, 0.2) is 54.6 Å². The van der Waals surface area contributed by atoms with E-state index < -0.39 is 23.1 Å². The molecule has 1 aliphatic heterocycles. The van der Waals surface area contributed by atoms with E-state index in [-0.39, 0.29) is 24.5 Å². The Morgan fingerprint density at radius 2 is 1.91 bits per heavy atom. The molecule has 0 bridgehead atoms. The Balaban J connectivity index is 1.47. The van der Waals surface area contributed by atoms with Gasteiger partial charge in [0.15, 0.2) is 0 Å². The van der Waals surface area contributed by atoms with Crippen LogP contribution in [0, 0.1) is 0 Å². The highest BCUT2D eigenvalue weighted by Gasteiger charge is 2.36. The molecule has 35 heavy (non-hydrogen) atoms. The number of rotatable bonds is 8. The molecule has 6 nitrogen and oxygen atoms in total. The molecule has 184 valence electrons. The zero-order chi connectivity index (χ0) is 25.2. The molecule has 0 saturated carbocycles. The molecule has 0 saturated heterocycles. The molecule has 1 aliphatic rings. The molecule has 0 spiro atoms. The van der Waals surface area contributed by atoms with Crippen molar-refractivity contribution < 1.29 is 32.6 Å². The lowest BCUT2D eigenvalue weighted by Crippen LogP contribution is -2.40. The second-order valence-corrected chi connectivity index (χ2v) is 9.21. The van der Waals surface area contributed by atoms with Crippen molar-refractivity contribution in [2.75, 3.05) is 18.5 Å². The van der Waals surface area contributed by atoms with E-state index in [1.165, 1.54) is 13.1 Å². The van der Waals surface area contributed by atoms with Gasteiger partial charge >= 0.3 is 12.1 Å². The fourth-order valence-electron chi connectivity index (χ4n) is 4.04. The third-order valence-electron chi connectivity index (χ3n) is 5.78. The lowest BCUT2D eigenvalue weighted by molar-refractivity contribution is -0.141. The molecule has 2 heterocycles. The molecular weight excluding hydrogens is 481 g/mol. The summed E-state index contributed by atoms with van der Waals surface area (Å²) in [5.41, 5.74) is 2.17. The molecule has 2 aromatic carbocycles. The number of ether oxygens (including phenoxy) is 1. The van der Waals surface area contributed by atoms with Crippen LogP contribution in [0.5, 0.6) is 5.75 Å². The van der Waals surface area contributed by atoms with E-state index in [4.69, 9.17) is 9.84 Å². The first kappa shape index (κ1) is 24.7. The minimum atomic E-state index is -4.47. The van der Waals surface area contributed by atoms with E-state index in [0.29, 0.717) is 46.2 Å². The van der Waals surface area contributed by atoms with Gasteiger partial charge in [-0.15, -0.1) is 11.3 Å². The highest BCUT2D eigenvalue weighted by molar-refractivity contribution is 7.12. The number of carboxylic acid groups (broad SMARTS) is 1. The van der Waals surface area contributed by atoms with Crippen LogP contribution >= 0.6 is 11.3 Å². The van der Waals surface area contributed by atoms with Gasteiger partial charge in [0, 0.05) is 22.7 Å². The van der Waals surface area contributed by atoms with E-state index in [1.807, 2.05) is 0 Å². The van der Waals surface area contributed by atoms with Crippen LogP contribution < -0.4 is 15.0 Å². The summed E-state index contributed by atoms with van der Waals surface area (Å²) in [4.78, 5) is 25.2. The average Bonchev–Trinajstić information content (AvgIpc) is 3.45. The van der Waals surface area contributed by atoms with Crippen molar-refractivity contribution in [3.8, 4) is 16.9 Å². The topological polar surface area (TPSA) is 78.9 Å². The van der Waals surface area contributed by atoms with E-state index >= 15 is 0 Å². The fourth-order valence-corrected chi connectivity index (χ4v) is 4.99. The van der Waals surface area contributed by atoms with Crippen LogP contribution in [-0.2, 0) is 28.8 Å². The van der Waals surface area contributed by atoms with Gasteiger partial charge in [0.2, 0.25) is 5.91 Å². The minimum absolute atomic E-state index is 0.0233.